The van der Waals surface area contributed by atoms with Crippen molar-refractivity contribution in [2.75, 3.05) is 19.8 Å². The topological polar surface area (TPSA) is 116 Å². The highest BCUT2D eigenvalue weighted by Gasteiger charge is 2.30. The molecule has 140 valence electrons. The first kappa shape index (κ1) is 19.2. The highest BCUT2D eigenvalue weighted by molar-refractivity contribution is 5.95. The maximum atomic E-state index is 12.3. The van der Waals surface area contributed by atoms with Crippen molar-refractivity contribution < 1.29 is 28.6 Å². The number of hydrogen-bond acceptors (Lipinski definition) is 7. The van der Waals surface area contributed by atoms with Crippen molar-refractivity contribution in [3.05, 3.63) is 35.2 Å². The van der Waals surface area contributed by atoms with Gasteiger partial charge in [-0.2, -0.15) is 0 Å². The van der Waals surface area contributed by atoms with Gasteiger partial charge in [0.2, 0.25) is 5.88 Å². The van der Waals surface area contributed by atoms with E-state index in [1.54, 1.807) is 26.8 Å². The first-order chi connectivity index (χ1) is 12.5. The number of ether oxygens (including phenoxy) is 3. The number of pyridine rings is 1. The number of amides is 2. The summed E-state index contributed by atoms with van der Waals surface area (Å²) in [5, 5.41) is 5.05. The van der Waals surface area contributed by atoms with Gasteiger partial charge in [-0.3, -0.25) is 0 Å². The van der Waals surface area contributed by atoms with Gasteiger partial charge < -0.3 is 24.8 Å². The number of carbonyl (C=O) groups is 3. The van der Waals surface area contributed by atoms with Gasteiger partial charge in [0.15, 0.2) is 0 Å². The quantitative estimate of drug-likeness (QED) is 0.698. The molecule has 9 nitrogen and oxygen atoms in total. The van der Waals surface area contributed by atoms with Crippen LogP contribution >= 0.6 is 0 Å². The molecule has 0 saturated heterocycles. The van der Waals surface area contributed by atoms with E-state index in [4.69, 9.17) is 14.2 Å². The van der Waals surface area contributed by atoms with Gasteiger partial charge in [-0.25, -0.2) is 19.4 Å². The molecule has 2 N–H and O–H groups in total. The Hall–Kier alpha value is -3.10. The number of rotatable bonds is 7. The van der Waals surface area contributed by atoms with Crippen LogP contribution in [-0.2, 0) is 14.3 Å². The molecule has 26 heavy (non-hydrogen) atoms. The number of nitrogens with one attached hydrogen (secondary N) is 2. The third-order valence-corrected chi connectivity index (χ3v) is 3.49. The molecule has 0 aromatic carbocycles. The lowest BCUT2D eigenvalue weighted by Crippen LogP contribution is -2.50. The molecule has 2 heterocycles. The van der Waals surface area contributed by atoms with E-state index in [0.717, 1.165) is 0 Å². The van der Waals surface area contributed by atoms with Crippen molar-refractivity contribution in [2.45, 2.75) is 26.8 Å². The number of nitrogens with zero attached hydrogens (tertiary/aromatic N) is 1. The third kappa shape index (κ3) is 4.50. The fraction of sp³-hybridized carbons (Fsp3) is 0.412. The van der Waals surface area contributed by atoms with Gasteiger partial charge in [0.05, 0.1) is 30.5 Å². The molecule has 1 aliphatic rings. The molecule has 0 unspecified atom stereocenters. The molecule has 1 aliphatic heterocycles. The number of hydrogen-bond donors (Lipinski definition) is 2. The lowest BCUT2D eigenvalue weighted by Gasteiger charge is -2.26. The number of urea groups is 1. The highest BCUT2D eigenvalue weighted by Crippen LogP contribution is 2.18. The molecular formula is C17H21N3O6. The van der Waals surface area contributed by atoms with Crippen LogP contribution in [0.1, 0.15) is 31.1 Å². The fourth-order valence-electron chi connectivity index (χ4n) is 2.41. The van der Waals surface area contributed by atoms with E-state index in [1.165, 1.54) is 12.3 Å². The molecule has 1 aromatic heterocycles. The zero-order valence-electron chi connectivity index (χ0n) is 14.8. The summed E-state index contributed by atoms with van der Waals surface area (Å²) in [5.41, 5.74) is 0.534. The van der Waals surface area contributed by atoms with Crippen molar-refractivity contribution >= 4 is 18.0 Å². The zero-order chi connectivity index (χ0) is 19.1. The zero-order valence-corrected chi connectivity index (χ0v) is 14.8. The van der Waals surface area contributed by atoms with Gasteiger partial charge in [0.25, 0.3) is 0 Å². The Morgan fingerprint density at radius 2 is 1.96 bits per heavy atom. The standard InChI is InChI=1S/C17H21N3O6/c1-4-24-14-11(7-6-8-18-14)15(21)26-9-12-13(16(22)25-5-2)10(3)19-17(23)20-12/h6-8,10H,4-5,9H2,1-3H3,(H2,19,20,23)/t10-/m0/s1. The monoisotopic (exact) mass is 363 g/mol. The van der Waals surface area contributed by atoms with Crippen LogP contribution < -0.4 is 15.4 Å². The Bertz CT molecular complexity index is 731. The lowest BCUT2D eigenvalue weighted by molar-refractivity contribution is -0.139. The Labute approximate surface area is 150 Å². The summed E-state index contributed by atoms with van der Waals surface area (Å²) >= 11 is 0. The molecule has 1 aromatic rings. The number of esters is 2. The second-order valence-corrected chi connectivity index (χ2v) is 5.30. The maximum Gasteiger partial charge on any atom is 0.344 e. The average Bonchev–Trinajstić information content (AvgIpc) is 2.60. The van der Waals surface area contributed by atoms with Gasteiger partial charge in [0.1, 0.15) is 12.2 Å². The summed E-state index contributed by atoms with van der Waals surface area (Å²) in [7, 11) is 0. The molecule has 0 radical (unpaired) electrons. The largest absolute Gasteiger partial charge is 0.477 e. The molecule has 0 aliphatic carbocycles. The molecular weight excluding hydrogens is 342 g/mol. The molecule has 1 atom stereocenters. The summed E-state index contributed by atoms with van der Waals surface area (Å²) in [6.07, 6.45) is 1.50. The van der Waals surface area contributed by atoms with Crippen LogP contribution in [0.15, 0.2) is 29.6 Å². The average molecular weight is 363 g/mol. The van der Waals surface area contributed by atoms with Crippen LogP contribution in [0.2, 0.25) is 0 Å². The summed E-state index contributed by atoms with van der Waals surface area (Å²) in [4.78, 5) is 40.1. The molecule has 0 bridgehead atoms. The van der Waals surface area contributed by atoms with Gasteiger partial charge in [-0.15, -0.1) is 0 Å². The summed E-state index contributed by atoms with van der Waals surface area (Å²) in [5.74, 6) is -1.12. The van der Waals surface area contributed by atoms with Crippen LogP contribution in [0.3, 0.4) is 0 Å². The Morgan fingerprint density at radius 1 is 1.19 bits per heavy atom. The molecule has 2 amide bonds. The van der Waals surface area contributed by atoms with Crippen molar-refractivity contribution in [3.8, 4) is 5.88 Å². The summed E-state index contributed by atoms with van der Waals surface area (Å²) in [6, 6.07) is 2.03. The van der Waals surface area contributed by atoms with E-state index in [0.29, 0.717) is 6.61 Å². The van der Waals surface area contributed by atoms with Crippen molar-refractivity contribution in [1.29, 1.82) is 0 Å². The van der Waals surface area contributed by atoms with Crippen LogP contribution in [0.4, 0.5) is 4.79 Å². The van der Waals surface area contributed by atoms with E-state index < -0.39 is 24.0 Å². The molecule has 0 saturated carbocycles. The van der Waals surface area contributed by atoms with Crippen molar-refractivity contribution in [2.24, 2.45) is 0 Å². The van der Waals surface area contributed by atoms with E-state index >= 15 is 0 Å². The van der Waals surface area contributed by atoms with Gasteiger partial charge in [-0.05, 0) is 32.9 Å². The van der Waals surface area contributed by atoms with Crippen molar-refractivity contribution in [3.63, 3.8) is 0 Å². The number of aromatic nitrogens is 1. The fourth-order valence-corrected chi connectivity index (χ4v) is 2.41. The molecule has 2 rings (SSSR count). The van der Waals surface area contributed by atoms with Crippen LogP contribution in [0.5, 0.6) is 5.88 Å². The van der Waals surface area contributed by atoms with Gasteiger partial charge in [0, 0.05) is 6.20 Å². The Kier molecular flexibility index (Phi) is 6.54. The highest BCUT2D eigenvalue weighted by atomic mass is 16.5. The third-order valence-electron chi connectivity index (χ3n) is 3.49. The predicted molar refractivity (Wildman–Crippen MR) is 90.5 cm³/mol. The van der Waals surface area contributed by atoms with E-state index in [-0.39, 0.29) is 35.9 Å². The first-order valence-electron chi connectivity index (χ1n) is 8.20. The SMILES string of the molecule is CCOC(=O)C1=C(COC(=O)c2cccnc2OCC)NC(=O)N[C@H]1C. The second kappa shape index (κ2) is 8.84. The van der Waals surface area contributed by atoms with Crippen LogP contribution in [-0.4, -0.2) is 48.8 Å². The van der Waals surface area contributed by atoms with Crippen LogP contribution in [0.25, 0.3) is 0 Å². The van der Waals surface area contributed by atoms with E-state index in [2.05, 4.69) is 15.6 Å². The van der Waals surface area contributed by atoms with E-state index in [9.17, 15) is 14.4 Å². The molecule has 9 heteroatoms. The predicted octanol–water partition coefficient (Wildman–Crippen LogP) is 1.16. The minimum atomic E-state index is -0.683. The van der Waals surface area contributed by atoms with Crippen LogP contribution in [0, 0.1) is 0 Å². The maximum absolute atomic E-state index is 12.3. The molecule has 0 fully saturated rings. The van der Waals surface area contributed by atoms with Gasteiger partial charge in [-0.1, -0.05) is 0 Å². The minimum absolute atomic E-state index is 0.154. The summed E-state index contributed by atoms with van der Waals surface area (Å²) in [6.45, 7) is 5.31. The second-order valence-electron chi connectivity index (χ2n) is 5.30. The normalized spacial score (nSPS) is 16.4. The van der Waals surface area contributed by atoms with Crippen molar-refractivity contribution in [1.82, 2.24) is 15.6 Å². The smallest absolute Gasteiger partial charge is 0.344 e. The van der Waals surface area contributed by atoms with E-state index in [1.807, 2.05) is 0 Å². The summed E-state index contributed by atoms with van der Waals surface area (Å²) < 4.78 is 15.5. The first-order valence-corrected chi connectivity index (χ1v) is 8.20. The lowest BCUT2D eigenvalue weighted by atomic mass is 10.0. The Balaban J connectivity index is 2.19. The molecule has 0 spiro atoms. The Morgan fingerprint density at radius 3 is 2.65 bits per heavy atom. The van der Waals surface area contributed by atoms with Gasteiger partial charge >= 0.3 is 18.0 Å². The minimum Gasteiger partial charge on any atom is -0.477 e. The number of carbonyl (C=O) groups excluding carboxylic acids is 3.